The minimum Gasteiger partial charge on any atom is -0.381 e. The van der Waals surface area contributed by atoms with Crippen LogP contribution in [0.15, 0.2) is 24.5 Å². The van der Waals surface area contributed by atoms with E-state index in [1.54, 1.807) is 4.68 Å². The first kappa shape index (κ1) is 15.8. The standard InChI is InChI=1S/C17H22N4O2S/c1-20-16(13-11-24-12-14(13)19-20)18-15(22)10-17(4-8-23-9-5-17)21-6-2-3-7-21/h2-3,6-7H,4-5,8-12H2,1H3,(H,18,22). The molecule has 0 aliphatic carbocycles. The molecular formula is C17H22N4O2S. The SMILES string of the molecule is Cn1nc2c(c1NC(=O)CC1(n3cccc3)CCOCC1)CSC2. The lowest BCUT2D eigenvalue weighted by Gasteiger charge is -2.38. The fourth-order valence-corrected chi connectivity index (χ4v) is 4.74. The molecule has 0 spiro atoms. The van der Waals surface area contributed by atoms with Gasteiger partial charge in [-0.05, 0) is 25.0 Å². The first-order chi connectivity index (χ1) is 11.7. The van der Waals surface area contributed by atoms with Crippen LogP contribution < -0.4 is 5.32 Å². The Bertz CT molecular complexity index is 732. The second-order valence-corrected chi connectivity index (χ2v) is 7.53. The second-order valence-electron chi connectivity index (χ2n) is 6.54. The summed E-state index contributed by atoms with van der Waals surface area (Å²) in [7, 11) is 1.90. The van der Waals surface area contributed by atoms with Crippen molar-refractivity contribution in [3.8, 4) is 0 Å². The average molecular weight is 346 g/mol. The van der Waals surface area contributed by atoms with Gasteiger partial charge in [-0.1, -0.05) is 0 Å². The molecule has 1 amide bonds. The van der Waals surface area contributed by atoms with Gasteiger partial charge in [0, 0.05) is 49.7 Å². The highest BCUT2D eigenvalue weighted by atomic mass is 32.2. The van der Waals surface area contributed by atoms with Crippen LogP contribution in [0.2, 0.25) is 0 Å². The molecule has 4 heterocycles. The van der Waals surface area contributed by atoms with Crippen LogP contribution in [0.1, 0.15) is 30.5 Å². The number of nitrogens with one attached hydrogen (secondary N) is 1. The smallest absolute Gasteiger partial charge is 0.227 e. The minimum absolute atomic E-state index is 0.0494. The van der Waals surface area contributed by atoms with Crippen molar-refractivity contribution in [3.63, 3.8) is 0 Å². The molecule has 7 heteroatoms. The fourth-order valence-electron chi connectivity index (χ4n) is 3.70. The van der Waals surface area contributed by atoms with Crippen molar-refractivity contribution in [1.82, 2.24) is 14.3 Å². The Balaban J connectivity index is 1.54. The second kappa shape index (κ2) is 6.29. The van der Waals surface area contributed by atoms with Crippen LogP contribution in [0.5, 0.6) is 0 Å². The van der Waals surface area contributed by atoms with Crippen molar-refractivity contribution < 1.29 is 9.53 Å². The average Bonchev–Trinajstić information content (AvgIpc) is 3.29. The summed E-state index contributed by atoms with van der Waals surface area (Å²) in [5, 5.41) is 7.63. The number of ether oxygens (including phenoxy) is 1. The fraction of sp³-hybridized carbons (Fsp3) is 0.529. The number of hydrogen-bond donors (Lipinski definition) is 1. The highest BCUT2D eigenvalue weighted by molar-refractivity contribution is 7.98. The maximum atomic E-state index is 12.8. The third kappa shape index (κ3) is 2.75. The van der Waals surface area contributed by atoms with Crippen molar-refractivity contribution in [1.29, 1.82) is 0 Å². The molecule has 1 saturated heterocycles. The van der Waals surface area contributed by atoms with Crippen LogP contribution in [-0.4, -0.2) is 33.5 Å². The topological polar surface area (TPSA) is 61.1 Å². The summed E-state index contributed by atoms with van der Waals surface area (Å²) < 4.78 is 9.51. The first-order valence-corrected chi connectivity index (χ1v) is 9.47. The van der Waals surface area contributed by atoms with Gasteiger partial charge < -0.3 is 14.6 Å². The Hall–Kier alpha value is -1.73. The van der Waals surface area contributed by atoms with E-state index in [1.165, 1.54) is 5.56 Å². The Kier molecular flexibility index (Phi) is 4.14. The largest absolute Gasteiger partial charge is 0.381 e. The molecule has 0 aromatic carbocycles. The lowest BCUT2D eigenvalue weighted by molar-refractivity contribution is -0.119. The first-order valence-electron chi connectivity index (χ1n) is 8.31. The number of carbonyl (C=O) groups is 1. The summed E-state index contributed by atoms with van der Waals surface area (Å²) in [4.78, 5) is 12.8. The Morgan fingerprint density at radius 2 is 2.08 bits per heavy atom. The number of aromatic nitrogens is 3. The van der Waals surface area contributed by atoms with E-state index in [9.17, 15) is 4.79 Å². The van der Waals surface area contributed by atoms with Crippen LogP contribution >= 0.6 is 11.8 Å². The minimum atomic E-state index is -0.192. The zero-order valence-corrected chi connectivity index (χ0v) is 14.6. The molecular weight excluding hydrogens is 324 g/mol. The van der Waals surface area contributed by atoms with Gasteiger partial charge in [0.2, 0.25) is 5.91 Å². The van der Waals surface area contributed by atoms with Crippen LogP contribution in [0, 0.1) is 0 Å². The normalized spacial score (nSPS) is 19.2. The summed E-state index contributed by atoms with van der Waals surface area (Å²) >= 11 is 1.84. The highest BCUT2D eigenvalue weighted by Crippen LogP contribution is 2.36. The number of thioether (sulfide) groups is 1. The van der Waals surface area contributed by atoms with Gasteiger partial charge in [-0.2, -0.15) is 16.9 Å². The molecule has 128 valence electrons. The molecule has 1 fully saturated rings. The maximum absolute atomic E-state index is 12.8. The van der Waals surface area contributed by atoms with Crippen molar-refractivity contribution in [2.75, 3.05) is 18.5 Å². The summed E-state index contributed by atoms with van der Waals surface area (Å²) in [5.41, 5.74) is 2.09. The predicted molar refractivity (Wildman–Crippen MR) is 93.9 cm³/mol. The van der Waals surface area contributed by atoms with Gasteiger partial charge in [0.1, 0.15) is 5.82 Å². The van der Waals surface area contributed by atoms with Gasteiger partial charge in [-0.15, -0.1) is 0 Å². The van der Waals surface area contributed by atoms with Crippen LogP contribution in [0.4, 0.5) is 5.82 Å². The monoisotopic (exact) mass is 346 g/mol. The third-order valence-electron chi connectivity index (χ3n) is 5.04. The Labute approximate surface area is 145 Å². The van der Waals surface area contributed by atoms with Gasteiger partial charge in [0.15, 0.2) is 0 Å². The molecule has 0 saturated carbocycles. The van der Waals surface area contributed by atoms with Crippen LogP contribution in [0.3, 0.4) is 0 Å². The summed E-state index contributed by atoms with van der Waals surface area (Å²) in [6.07, 6.45) is 6.27. The van der Waals surface area contributed by atoms with E-state index in [0.717, 1.165) is 35.9 Å². The van der Waals surface area contributed by atoms with Crippen molar-refractivity contribution in [2.24, 2.45) is 7.05 Å². The number of fused-ring (bicyclic) bond motifs is 1. The molecule has 2 aliphatic heterocycles. The molecule has 2 aromatic heterocycles. The molecule has 0 unspecified atom stereocenters. The molecule has 24 heavy (non-hydrogen) atoms. The highest BCUT2D eigenvalue weighted by Gasteiger charge is 2.36. The molecule has 2 aliphatic rings. The van der Waals surface area contributed by atoms with Gasteiger partial charge in [0.25, 0.3) is 0 Å². The number of carbonyl (C=O) groups excluding carboxylic acids is 1. The molecule has 0 radical (unpaired) electrons. The Morgan fingerprint density at radius 1 is 1.33 bits per heavy atom. The number of nitrogens with zero attached hydrogens (tertiary/aromatic N) is 3. The lowest BCUT2D eigenvalue weighted by Crippen LogP contribution is -2.42. The predicted octanol–water partition coefficient (Wildman–Crippen LogP) is 2.50. The zero-order valence-electron chi connectivity index (χ0n) is 13.8. The van der Waals surface area contributed by atoms with Gasteiger partial charge in [0.05, 0.1) is 17.7 Å². The molecule has 6 nitrogen and oxygen atoms in total. The van der Waals surface area contributed by atoms with Crippen molar-refractivity contribution >= 4 is 23.5 Å². The molecule has 0 bridgehead atoms. The summed E-state index contributed by atoms with van der Waals surface area (Å²) in [5.74, 6) is 2.77. The number of amides is 1. The summed E-state index contributed by atoms with van der Waals surface area (Å²) in [6.45, 7) is 1.40. The van der Waals surface area contributed by atoms with Crippen molar-refractivity contribution in [3.05, 3.63) is 35.8 Å². The number of hydrogen-bond acceptors (Lipinski definition) is 4. The van der Waals surface area contributed by atoms with Gasteiger partial charge >= 0.3 is 0 Å². The third-order valence-corrected chi connectivity index (χ3v) is 6.01. The van der Waals surface area contributed by atoms with Gasteiger partial charge in [-0.25, -0.2) is 0 Å². The molecule has 1 N–H and O–H groups in total. The van der Waals surface area contributed by atoms with Crippen LogP contribution in [0.25, 0.3) is 0 Å². The van der Waals surface area contributed by atoms with E-state index < -0.39 is 0 Å². The number of anilines is 1. The van der Waals surface area contributed by atoms with E-state index >= 15 is 0 Å². The lowest BCUT2D eigenvalue weighted by atomic mass is 9.86. The van der Waals surface area contributed by atoms with E-state index in [0.29, 0.717) is 19.6 Å². The number of rotatable bonds is 4. The quantitative estimate of drug-likeness (QED) is 0.924. The van der Waals surface area contributed by atoms with E-state index in [4.69, 9.17) is 4.74 Å². The molecule has 0 atom stereocenters. The van der Waals surface area contributed by atoms with E-state index in [2.05, 4.69) is 27.4 Å². The Morgan fingerprint density at radius 3 is 2.83 bits per heavy atom. The zero-order chi connectivity index (χ0) is 16.6. The van der Waals surface area contributed by atoms with E-state index in [-0.39, 0.29) is 11.4 Å². The summed E-state index contributed by atoms with van der Waals surface area (Å²) in [6, 6.07) is 4.03. The van der Waals surface area contributed by atoms with Crippen LogP contribution in [-0.2, 0) is 33.6 Å². The van der Waals surface area contributed by atoms with Gasteiger partial charge in [-0.3, -0.25) is 9.48 Å². The van der Waals surface area contributed by atoms with Crippen molar-refractivity contribution in [2.45, 2.75) is 36.3 Å². The molecule has 4 rings (SSSR count). The molecule has 2 aromatic rings. The number of aryl methyl sites for hydroxylation is 1. The van der Waals surface area contributed by atoms with E-state index in [1.807, 2.05) is 30.9 Å². The maximum Gasteiger partial charge on any atom is 0.227 e.